The SMILES string of the molecule is CSc1cccc(NC(=O)c2csc(-c3cc4ccccc4n3C)n2)c1. The van der Waals surface area contributed by atoms with Gasteiger partial charge in [-0.1, -0.05) is 24.3 Å². The van der Waals surface area contributed by atoms with Crippen LogP contribution in [0.4, 0.5) is 5.69 Å². The van der Waals surface area contributed by atoms with Crippen molar-refractivity contribution in [1.29, 1.82) is 0 Å². The number of fused-ring (bicyclic) bond motifs is 1. The number of hydrogen-bond acceptors (Lipinski definition) is 4. The van der Waals surface area contributed by atoms with Crippen molar-refractivity contribution in [3.8, 4) is 10.7 Å². The first-order valence-corrected chi connectivity index (χ1v) is 10.2. The summed E-state index contributed by atoms with van der Waals surface area (Å²) in [5.41, 5.74) is 3.38. The molecule has 1 N–H and O–H groups in total. The molecule has 26 heavy (non-hydrogen) atoms. The predicted octanol–water partition coefficient (Wildman–Crippen LogP) is 5.28. The van der Waals surface area contributed by atoms with Gasteiger partial charge in [-0.15, -0.1) is 23.1 Å². The third-order valence-corrected chi connectivity index (χ3v) is 5.83. The molecule has 0 atom stereocenters. The number of benzene rings is 2. The van der Waals surface area contributed by atoms with Crippen molar-refractivity contribution in [3.63, 3.8) is 0 Å². The van der Waals surface area contributed by atoms with Crippen molar-refractivity contribution in [2.75, 3.05) is 11.6 Å². The molecule has 0 spiro atoms. The molecule has 6 heteroatoms. The molecule has 4 aromatic rings. The summed E-state index contributed by atoms with van der Waals surface area (Å²) in [4.78, 5) is 18.2. The van der Waals surface area contributed by atoms with E-state index in [4.69, 9.17) is 0 Å². The Kier molecular flexibility index (Phi) is 4.53. The number of carbonyl (C=O) groups excluding carboxylic acids is 1. The summed E-state index contributed by atoms with van der Waals surface area (Å²) in [6.07, 6.45) is 2.01. The third kappa shape index (κ3) is 3.13. The molecular formula is C20H17N3OS2. The van der Waals surface area contributed by atoms with Gasteiger partial charge in [0.05, 0.1) is 5.69 Å². The molecule has 4 nitrogen and oxygen atoms in total. The van der Waals surface area contributed by atoms with E-state index in [1.165, 1.54) is 16.7 Å². The van der Waals surface area contributed by atoms with Crippen molar-refractivity contribution in [1.82, 2.24) is 9.55 Å². The normalized spacial score (nSPS) is 11.0. The Hall–Kier alpha value is -2.57. The van der Waals surface area contributed by atoms with Crippen LogP contribution in [0.25, 0.3) is 21.6 Å². The highest BCUT2D eigenvalue weighted by Gasteiger charge is 2.15. The molecule has 0 aliphatic rings. The first-order chi connectivity index (χ1) is 12.7. The number of anilines is 1. The van der Waals surface area contributed by atoms with Gasteiger partial charge in [0.1, 0.15) is 10.7 Å². The molecule has 0 bridgehead atoms. The van der Waals surface area contributed by atoms with E-state index in [0.29, 0.717) is 5.69 Å². The smallest absolute Gasteiger partial charge is 0.275 e. The minimum Gasteiger partial charge on any atom is -0.342 e. The van der Waals surface area contributed by atoms with Gasteiger partial charge >= 0.3 is 0 Å². The van der Waals surface area contributed by atoms with Crippen LogP contribution in [0.15, 0.2) is 64.9 Å². The van der Waals surface area contributed by atoms with Crippen molar-refractivity contribution in [2.45, 2.75) is 4.90 Å². The molecule has 0 fully saturated rings. The number of nitrogens with zero attached hydrogens (tertiary/aromatic N) is 2. The highest BCUT2D eigenvalue weighted by Crippen LogP contribution is 2.29. The van der Waals surface area contributed by atoms with Crippen molar-refractivity contribution >= 4 is 45.6 Å². The second-order valence-electron chi connectivity index (χ2n) is 5.87. The van der Waals surface area contributed by atoms with Gasteiger partial charge in [-0.2, -0.15) is 0 Å². The second kappa shape index (κ2) is 6.97. The summed E-state index contributed by atoms with van der Waals surface area (Å²) in [7, 11) is 2.02. The largest absolute Gasteiger partial charge is 0.342 e. The quantitative estimate of drug-likeness (QED) is 0.491. The summed E-state index contributed by atoms with van der Waals surface area (Å²) in [6.45, 7) is 0. The molecule has 130 valence electrons. The zero-order chi connectivity index (χ0) is 18.1. The van der Waals surface area contributed by atoms with Crippen LogP contribution in [-0.4, -0.2) is 21.7 Å². The van der Waals surface area contributed by atoms with Gasteiger partial charge in [-0.25, -0.2) is 4.98 Å². The van der Waals surface area contributed by atoms with Crippen molar-refractivity contribution in [3.05, 3.63) is 65.7 Å². The molecule has 2 aromatic carbocycles. The number of aromatic nitrogens is 2. The molecule has 1 amide bonds. The third-order valence-electron chi connectivity index (χ3n) is 4.24. The number of amides is 1. The van der Waals surface area contributed by atoms with E-state index in [2.05, 4.69) is 33.1 Å². The van der Waals surface area contributed by atoms with Crippen molar-refractivity contribution in [2.24, 2.45) is 7.05 Å². The van der Waals surface area contributed by atoms with Crippen LogP contribution in [0.2, 0.25) is 0 Å². The van der Waals surface area contributed by atoms with Gasteiger partial charge in [-0.05, 0) is 36.6 Å². The van der Waals surface area contributed by atoms with E-state index >= 15 is 0 Å². The lowest BCUT2D eigenvalue weighted by atomic mass is 10.2. The maximum atomic E-state index is 12.5. The molecule has 0 aliphatic heterocycles. The summed E-state index contributed by atoms with van der Waals surface area (Å²) in [5.74, 6) is -0.190. The van der Waals surface area contributed by atoms with Crippen LogP contribution in [0.5, 0.6) is 0 Å². The second-order valence-corrected chi connectivity index (χ2v) is 7.61. The van der Waals surface area contributed by atoms with Crippen molar-refractivity contribution < 1.29 is 4.79 Å². The standard InChI is InChI=1S/C20H17N3OS2/c1-23-17-9-4-3-6-13(17)10-18(23)20-22-16(12-26-20)19(24)21-14-7-5-8-15(11-14)25-2/h3-12H,1-2H3,(H,21,24). The topological polar surface area (TPSA) is 46.9 Å². The first kappa shape index (κ1) is 16.9. The molecule has 4 rings (SSSR count). The zero-order valence-corrected chi connectivity index (χ0v) is 16.0. The van der Waals surface area contributed by atoms with Gasteiger partial charge in [-0.3, -0.25) is 4.79 Å². The molecule has 0 saturated heterocycles. The fraction of sp³-hybridized carbons (Fsp3) is 0.100. The van der Waals surface area contributed by atoms with Crippen LogP contribution in [0.1, 0.15) is 10.5 Å². The molecule has 2 aromatic heterocycles. The van der Waals surface area contributed by atoms with Gasteiger partial charge in [0.15, 0.2) is 0 Å². The first-order valence-electron chi connectivity index (χ1n) is 8.11. The molecule has 2 heterocycles. The number of para-hydroxylation sites is 1. The lowest BCUT2D eigenvalue weighted by Gasteiger charge is -2.04. The van der Waals surface area contributed by atoms with E-state index in [1.54, 1.807) is 17.1 Å². The molecule has 0 unspecified atom stereocenters. The summed E-state index contributed by atoms with van der Waals surface area (Å²) < 4.78 is 2.11. The van der Waals surface area contributed by atoms with Crippen LogP contribution >= 0.6 is 23.1 Å². The monoisotopic (exact) mass is 379 g/mol. The lowest BCUT2D eigenvalue weighted by molar-refractivity contribution is 0.102. The number of carbonyl (C=O) groups is 1. The number of nitrogens with one attached hydrogen (secondary N) is 1. The Bertz CT molecular complexity index is 1100. The van der Waals surface area contributed by atoms with E-state index in [-0.39, 0.29) is 5.91 Å². The summed E-state index contributed by atoms with van der Waals surface area (Å²) in [6, 6.07) is 18.1. The Morgan fingerprint density at radius 2 is 2.00 bits per heavy atom. The van der Waals surface area contributed by atoms with Gasteiger partial charge in [0, 0.05) is 33.9 Å². The molecule has 0 aliphatic carbocycles. The highest BCUT2D eigenvalue weighted by molar-refractivity contribution is 7.98. The maximum Gasteiger partial charge on any atom is 0.275 e. The van der Waals surface area contributed by atoms with Crippen LogP contribution in [-0.2, 0) is 7.05 Å². The Morgan fingerprint density at radius 1 is 1.15 bits per heavy atom. The van der Waals surface area contributed by atoms with Crippen LogP contribution < -0.4 is 5.32 Å². The maximum absolute atomic E-state index is 12.5. The van der Waals surface area contributed by atoms with E-state index in [1.807, 2.05) is 49.7 Å². The summed E-state index contributed by atoms with van der Waals surface area (Å²) >= 11 is 3.12. The fourth-order valence-electron chi connectivity index (χ4n) is 2.89. The van der Waals surface area contributed by atoms with E-state index in [9.17, 15) is 4.79 Å². The Morgan fingerprint density at radius 3 is 2.81 bits per heavy atom. The van der Waals surface area contributed by atoms with Gasteiger partial charge in [0.25, 0.3) is 5.91 Å². The highest BCUT2D eigenvalue weighted by atomic mass is 32.2. The number of hydrogen-bond donors (Lipinski definition) is 1. The minimum atomic E-state index is -0.190. The number of aryl methyl sites for hydroxylation is 1. The zero-order valence-electron chi connectivity index (χ0n) is 14.4. The summed E-state index contributed by atoms with van der Waals surface area (Å²) in [5, 5.41) is 6.74. The Labute approximate surface area is 159 Å². The fourth-order valence-corrected chi connectivity index (χ4v) is 4.20. The van der Waals surface area contributed by atoms with Crippen LogP contribution in [0, 0.1) is 0 Å². The average molecular weight is 380 g/mol. The minimum absolute atomic E-state index is 0.190. The molecule has 0 radical (unpaired) electrons. The predicted molar refractivity (Wildman–Crippen MR) is 110 cm³/mol. The molecule has 0 saturated carbocycles. The number of rotatable bonds is 4. The van der Waals surface area contributed by atoms with Gasteiger partial charge < -0.3 is 9.88 Å². The van der Waals surface area contributed by atoms with E-state index in [0.717, 1.165) is 26.8 Å². The number of thiazole rings is 1. The number of thioether (sulfide) groups is 1. The van der Waals surface area contributed by atoms with Gasteiger partial charge in [0.2, 0.25) is 0 Å². The lowest BCUT2D eigenvalue weighted by Crippen LogP contribution is -2.12. The van der Waals surface area contributed by atoms with E-state index < -0.39 is 0 Å². The Balaban J connectivity index is 1.60. The van der Waals surface area contributed by atoms with Crippen LogP contribution in [0.3, 0.4) is 0 Å². The molecular weight excluding hydrogens is 362 g/mol. The average Bonchev–Trinajstić information content (AvgIpc) is 3.27.